The van der Waals surface area contributed by atoms with Crippen molar-refractivity contribution in [2.24, 2.45) is 0 Å². The van der Waals surface area contributed by atoms with Gasteiger partial charge in [0, 0.05) is 0 Å². The predicted octanol–water partition coefficient (Wildman–Crippen LogP) is -0.342. The summed E-state index contributed by atoms with van der Waals surface area (Å²) in [4.78, 5) is 0. The summed E-state index contributed by atoms with van der Waals surface area (Å²) in [6, 6.07) is 0. The van der Waals surface area contributed by atoms with Gasteiger partial charge in [-0.3, -0.25) is 0 Å². The van der Waals surface area contributed by atoms with Gasteiger partial charge in [-0.2, -0.15) is 0 Å². The standard InChI is InChI=1S/C2H6O2.ClH.Ni/c3-1-2-4;;/h3-4H,1-2H2;1H;/q;;+1/p-1. The molecular weight excluding hydrogens is 150 g/mol. The molecule has 0 heterocycles. The SMILES string of the molecule is OCCO.[Cl][Ni]. The van der Waals surface area contributed by atoms with Crippen molar-refractivity contribution in [2.75, 3.05) is 13.2 Å². The predicted molar refractivity (Wildman–Crippen MR) is 20.0 cm³/mol. The quantitative estimate of drug-likeness (QED) is 0.510. The molecule has 4 heteroatoms. The Bertz CT molecular complexity index is 13.5. The molecule has 0 saturated heterocycles. The molecular formula is C2H6ClNiO2. The number of hydrogen-bond acceptors (Lipinski definition) is 2. The minimum atomic E-state index is -0.125. The normalized spacial score (nSPS) is 6.17. The molecule has 0 atom stereocenters. The van der Waals surface area contributed by atoms with Crippen LogP contribution < -0.4 is 0 Å². The van der Waals surface area contributed by atoms with Crippen molar-refractivity contribution in [1.82, 2.24) is 0 Å². The van der Waals surface area contributed by atoms with Crippen LogP contribution in [0.3, 0.4) is 0 Å². The molecule has 0 unspecified atom stereocenters. The Kier molecular flexibility index (Phi) is 28.4. The number of aliphatic hydroxyl groups is 2. The van der Waals surface area contributed by atoms with Crippen LogP contribution in [0.4, 0.5) is 0 Å². The molecule has 0 aliphatic carbocycles. The molecule has 2 nitrogen and oxygen atoms in total. The summed E-state index contributed by atoms with van der Waals surface area (Å²) in [6.07, 6.45) is 0. The average Bonchev–Trinajstić information content (AvgIpc) is 1.72. The topological polar surface area (TPSA) is 40.5 Å². The Morgan fingerprint density at radius 3 is 1.33 bits per heavy atom. The van der Waals surface area contributed by atoms with E-state index in [0.717, 1.165) is 0 Å². The molecule has 0 aliphatic rings. The van der Waals surface area contributed by atoms with Gasteiger partial charge in [-0.1, -0.05) is 0 Å². The van der Waals surface area contributed by atoms with Gasteiger partial charge in [0.05, 0.1) is 13.2 Å². The van der Waals surface area contributed by atoms with E-state index in [1.807, 2.05) is 0 Å². The van der Waals surface area contributed by atoms with Gasteiger partial charge < -0.3 is 10.2 Å². The van der Waals surface area contributed by atoms with Crippen LogP contribution in [-0.2, 0) is 14.6 Å². The van der Waals surface area contributed by atoms with Crippen LogP contribution in [0.2, 0.25) is 0 Å². The first-order chi connectivity index (χ1) is 2.91. The number of aliphatic hydroxyl groups excluding tert-OH is 2. The van der Waals surface area contributed by atoms with Gasteiger partial charge in [0.2, 0.25) is 0 Å². The Morgan fingerprint density at radius 2 is 1.33 bits per heavy atom. The van der Waals surface area contributed by atoms with E-state index in [1.54, 1.807) is 0 Å². The van der Waals surface area contributed by atoms with E-state index in [0.29, 0.717) is 0 Å². The zero-order valence-electron chi connectivity index (χ0n) is 3.00. The maximum absolute atomic E-state index is 7.62. The zero-order chi connectivity index (χ0) is 5.41. The first-order valence-electron chi connectivity index (χ1n) is 1.25. The fraction of sp³-hybridized carbons (Fsp3) is 1.00. The summed E-state index contributed by atoms with van der Waals surface area (Å²) < 4.78 is 0. The van der Waals surface area contributed by atoms with Gasteiger partial charge in [0.15, 0.2) is 0 Å². The molecule has 0 aromatic rings. The van der Waals surface area contributed by atoms with Gasteiger partial charge in [-0.25, -0.2) is 0 Å². The molecule has 0 spiro atoms. The molecule has 0 bridgehead atoms. The molecule has 43 valence electrons. The second-order valence-electron chi connectivity index (χ2n) is 0.447. The van der Waals surface area contributed by atoms with Crippen LogP contribution in [0, 0.1) is 0 Å². The second kappa shape index (κ2) is 17.3. The average molecular weight is 156 g/mol. The zero-order valence-corrected chi connectivity index (χ0v) is 4.75. The van der Waals surface area contributed by atoms with E-state index < -0.39 is 0 Å². The fourth-order valence-electron chi connectivity index (χ4n) is 0. The number of halogens is 1. The minimum absolute atomic E-state index is 0.125. The summed E-state index contributed by atoms with van der Waals surface area (Å²) in [5.74, 6) is 0. The molecule has 0 radical (unpaired) electrons. The van der Waals surface area contributed by atoms with Gasteiger partial charge in [0.1, 0.15) is 0 Å². The summed E-state index contributed by atoms with van der Waals surface area (Å²) in [7, 11) is 4.26. The Balaban J connectivity index is 0. The molecule has 0 aromatic carbocycles. The number of hydrogen-bond donors (Lipinski definition) is 2. The summed E-state index contributed by atoms with van der Waals surface area (Å²) in [6.45, 7) is -0.250. The van der Waals surface area contributed by atoms with Crippen molar-refractivity contribution >= 4 is 10.2 Å². The monoisotopic (exact) mass is 155 g/mol. The van der Waals surface area contributed by atoms with Crippen LogP contribution in [0.25, 0.3) is 0 Å². The van der Waals surface area contributed by atoms with Crippen molar-refractivity contribution in [3.8, 4) is 0 Å². The maximum atomic E-state index is 7.62. The van der Waals surface area contributed by atoms with Gasteiger partial charge in [-0.05, 0) is 0 Å². The van der Waals surface area contributed by atoms with Crippen molar-refractivity contribution in [2.45, 2.75) is 0 Å². The summed E-state index contributed by atoms with van der Waals surface area (Å²) in [5.41, 5.74) is 0. The second-order valence-corrected chi connectivity index (χ2v) is 0.447. The fourth-order valence-corrected chi connectivity index (χ4v) is 0. The van der Waals surface area contributed by atoms with Gasteiger partial charge >= 0.3 is 24.8 Å². The molecule has 0 aliphatic heterocycles. The van der Waals surface area contributed by atoms with Crippen molar-refractivity contribution in [3.63, 3.8) is 0 Å². The Labute approximate surface area is 48.8 Å². The molecule has 6 heavy (non-hydrogen) atoms. The first kappa shape index (κ1) is 9.86. The summed E-state index contributed by atoms with van der Waals surface area (Å²) >= 11 is 3.35. The number of rotatable bonds is 1. The van der Waals surface area contributed by atoms with E-state index in [-0.39, 0.29) is 13.2 Å². The van der Waals surface area contributed by atoms with Crippen molar-refractivity contribution in [3.05, 3.63) is 0 Å². The van der Waals surface area contributed by atoms with Gasteiger partial charge in [-0.15, -0.1) is 0 Å². The van der Waals surface area contributed by atoms with Crippen LogP contribution >= 0.6 is 10.2 Å². The van der Waals surface area contributed by atoms with Crippen molar-refractivity contribution in [1.29, 1.82) is 0 Å². The molecule has 0 rings (SSSR count). The summed E-state index contributed by atoms with van der Waals surface area (Å²) in [5, 5.41) is 15.2. The molecule has 0 amide bonds. The van der Waals surface area contributed by atoms with E-state index in [1.165, 1.54) is 0 Å². The van der Waals surface area contributed by atoms with Crippen molar-refractivity contribution < 1.29 is 24.8 Å². The van der Waals surface area contributed by atoms with Crippen LogP contribution in [0.5, 0.6) is 0 Å². The molecule has 0 fully saturated rings. The first-order valence-corrected chi connectivity index (χ1v) is 2.61. The van der Waals surface area contributed by atoms with E-state index >= 15 is 0 Å². The van der Waals surface area contributed by atoms with E-state index in [4.69, 9.17) is 10.2 Å². The van der Waals surface area contributed by atoms with E-state index in [2.05, 4.69) is 24.8 Å². The third-order valence-corrected chi connectivity index (χ3v) is 0.1000. The molecule has 0 saturated carbocycles. The molecule has 0 aromatic heterocycles. The third-order valence-electron chi connectivity index (χ3n) is 0.1000. The Hall–Kier alpha value is 0.704. The van der Waals surface area contributed by atoms with E-state index in [9.17, 15) is 0 Å². The van der Waals surface area contributed by atoms with Crippen LogP contribution in [0.1, 0.15) is 0 Å². The van der Waals surface area contributed by atoms with Gasteiger partial charge in [0.25, 0.3) is 0 Å². The Morgan fingerprint density at radius 1 is 1.17 bits per heavy atom. The third kappa shape index (κ3) is 22.2. The molecule has 2 N–H and O–H groups in total. The van der Waals surface area contributed by atoms with Crippen LogP contribution in [0.15, 0.2) is 0 Å². The van der Waals surface area contributed by atoms with Crippen LogP contribution in [-0.4, -0.2) is 23.4 Å².